The topological polar surface area (TPSA) is 106 Å². The summed E-state index contributed by atoms with van der Waals surface area (Å²) in [6.45, 7) is 4.02. The highest BCUT2D eigenvalue weighted by molar-refractivity contribution is 7.89. The van der Waals surface area contributed by atoms with Crippen molar-refractivity contribution in [3.63, 3.8) is 0 Å². The number of hydrogen-bond donors (Lipinski definition) is 0. The highest BCUT2D eigenvalue weighted by atomic mass is 32.2. The molecule has 1 saturated heterocycles. The molecule has 0 amide bonds. The molecule has 2 aliphatic rings. The SMILES string of the molecule is CCCCc1ccc(S(=O)(=O)N2CCN(c3cc(S(=O)(=O)N4CCc5cc(OC)c(OC)cc5C4)ccc3OC)CC2)cc1. The van der Waals surface area contributed by atoms with Crippen molar-refractivity contribution in [3.8, 4) is 17.2 Å². The summed E-state index contributed by atoms with van der Waals surface area (Å²) in [7, 11) is -2.80. The summed E-state index contributed by atoms with van der Waals surface area (Å²) in [6, 6.07) is 15.8. The highest BCUT2D eigenvalue weighted by Gasteiger charge is 2.33. The van der Waals surface area contributed by atoms with E-state index >= 15 is 0 Å². The number of hydrogen-bond acceptors (Lipinski definition) is 8. The summed E-state index contributed by atoms with van der Waals surface area (Å²) >= 11 is 0. The van der Waals surface area contributed by atoms with Gasteiger partial charge in [-0.1, -0.05) is 25.5 Å². The molecule has 10 nitrogen and oxygen atoms in total. The molecule has 0 N–H and O–H groups in total. The fraction of sp³-hybridized carbons (Fsp3) is 0.438. The molecule has 238 valence electrons. The van der Waals surface area contributed by atoms with E-state index < -0.39 is 20.0 Å². The smallest absolute Gasteiger partial charge is 0.243 e. The second-order valence-electron chi connectivity index (χ2n) is 11.0. The lowest BCUT2D eigenvalue weighted by molar-refractivity contribution is 0.348. The Morgan fingerprint density at radius 1 is 0.659 bits per heavy atom. The molecular formula is C32H41N3O7S2. The first-order valence-corrected chi connectivity index (χ1v) is 17.8. The second-order valence-corrected chi connectivity index (χ2v) is 14.9. The van der Waals surface area contributed by atoms with Crippen LogP contribution in [0.4, 0.5) is 5.69 Å². The van der Waals surface area contributed by atoms with Gasteiger partial charge in [0.05, 0.1) is 36.8 Å². The van der Waals surface area contributed by atoms with Gasteiger partial charge in [0.25, 0.3) is 0 Å². The number of anilines is 1. The fourth-order valence-electron chi connectivity index (χ4n) is 5.82. The molecule has 0 spiro atoms. The van der Waals surface area contributed by atoms with E-state index in [0.717, 1.165) is 36.0 Å². The number of sulfonamides is 2. The summed E-state index contributed by atoms with van der Waals surface area (Å²) in [5.41, 5.74) is 3.66. The number of unbranched alkanes of at least 4 members (excludes halogenated alkanes) is 1. The van der Waals surface area contributed by atoms with Crippen molar-refractivity contribution in [1.82, 2.24) is 8.61 Å². The van der Waals surface area contributed by atoms with E-state index in [-0.39, 0.29) is 29.4 Å². The minimum absolute atomic E-state index is 0.162. The number of fused-ring (bicyclic) bond motifs is 1. The van der Waals surface area contributed by atoms with E-state index in [1.807, 2.05) is 29.2 Å². The zero-order valence-electron chi connectivity index (χ0n) is 25.8. The maximum absolute atomic E-state index is 13.9. The lowest BCUT2D eigenvalue weighted by Crippen LogP contribution is -2.48. The molecule has 2 aliphatic heterocycles. The van der Waals surface area contributed by atoms with Crippen LogP contribution in [0.15, 0.2) is 64.4 Å². The van der Waals surface area contributed by atoms with Crippen molar-refractivity contribution >= 4 is 25.7 Å². The van der Waals surface area contributed by atoms with Crippen molar-refractivity contribution in [1.29, 1.82) is 0 Å². The maximum Gasteiger partial charge on any atom is 0.243 e. The minimum atomic E-state index is -3.83. The molecule has 3 aromatic carbocycles. The number of benzene rings is 3. The summed E-state index contributed by atoms with van der Waals surface area (Å²) in [6.07, 6.45) is 3.64. The molecule has 5 rings (SSSR count). The lowest BCUT2D eigenvalue weighted by Gasteiger charge is -2.36. The van der Waals surface area contributed by atoms with Gasteiger partial charge < -0.3 is 19.1 Å². The Kier molecular flexibility index (Phi) is 9.74. The highest BCUT2D eigenvalue weighted by Crippen LogP contribution is 2.37. The lowest BCUT2D eigenvalue weighted by atomic mass is 10.0. The van der Waals surface area contributed by atoms with Crippen LogP contribution in [-0.2, 0) is 39.4 Å². The molecule has 12 heteroatoms. The predicted octanol–water partition coefficient (Wildman–Crippen LogP) is 4.31. The van der Waals surface area contributed by atoms with Crippen LogP contribution in [0.1, 0.15) is 36.5 Å². The quantitative estimate of drug-likeness (QED) is 0.305. The summed E-state index contributed by atoms with van der Waals surface area (Å²) < 4.78 is 73.9. The largest absolute Gasteiger partial charge is 0.495 e. The Morgan fingerprint density at radius 3 is 1.86 bits per heavy atom. The third-order valence-corrected chi connectivity index (χ3v) is 12.2. The molecule has 0 aliphatic carbocycles. The van der Waals surface area contributed by atoms with E-state index in [1.54, 1.807) is 51.7 Å². The van der Waals surface area contributed by atoms with Gasteiger partial charge in [0, 0.05) is 39.3 Å². The summed E-state index contributed by atoms with van der Waals surface area (Å²) in [4.78, 5) is 2.44. The van der Waals surface area contributed by atoms with E-state index in [4.69, 9.17) is 14.2 Å². The Morgan fingerprint density at radius 2 is 1.25 bits per heavy atom. The van der Waals surface area contributed by atoms with Crippen molar-refractivity contribution in [2.45, 2.75) is 48.9 Å². The van der Waals surface area contributed by atoms with Gasteiger partial charge in [-0.05, 0) is 78.4 Å². The molecule has 0 radical (unpaired) electrons. The third kappa shape index (κ3) is 6.39. The van der Waals surface area contributed by atoms with E-state index in [0.29, 0.717) is 49.0 Å². The van der Waals surface area contributed by atoms with E-state index in [2.05, 4.69) is 6.92 Å². The van der Waals surface area contributed by atoms with Crippen LogP contribution in [0, 0.1) is 0 Å². The number of piperazine rings is 1. The normalized spacial score (nSPS) is 16.4. The molecule has 0 atom stereocenters. The van der Waals surface area contributed by atoms with Gasteiger partial charge in [0.2, 0.25) is 20.0 Å². The van der Waals surface area contributed by atoms with Gasteiger partial charge in [-0.2, -0.15) is 8.61 Å². The average molecular weight is 644 g/mol. The minimum Gasteiger partial charge on any atom is -0.495 e. The average Bonchev–Trinajstić information content (AvgIpc) is 3.06. The van der Waals surface area contributed by atoms with Crippen molar-refractivity contribution in [3.05, 3.63) is 71.3 Å². The number of aryl methyl sites for hydroxylation is 1. The fourth-order valence-corrected chi connectivity index (χ4v) is 8.68. The zero-order chi connectivity index (χ0) is 31.5. The second kappa shape index (κ2) is 13.4. The molecule has 3 aromatic rings. The van der Waals surface area contributed by atoms with Gasteiger partial charge in [0.1, 0.15) is 5.75 Å². The van der Waals surface area contributed by atoms with Crippen LogP contribution >= 0.6 is 0 Å². The van der Waals surface area contributed by atoms with E-state index in [9.17, 15) is 16.8 Å². The molecular weight excluding hydrogens is 603 g/mol. The van der Waals surface area contributed by atoms with E-state index in [1.165, 1.54) is 8.61 Å². The van der Waals surface area contributed by atoms with Crippen LogP contribution < -0.4 is 19.1 Å². The van der Waals surface area contributed by atoms with Crippen molar-refractivity contribution in [2.75, 3.05) is 59.0 Å². The summed E-state index contributed by atoms with van der Waals surface area (Å²) in [5, 5.41) is 0. The van der Waals surface area contributed by atoms with Crippen molar-refractivity contribution < 1.29 is 31.0 Å². The van der Waals surface area contributed by atoms with Crippen LogP contribution in [0.2, 0.25) is 0 Å². The first kappa shape index (κ1) is 32.1. The van der Waals surface area contributed by atoms with Gasteiger partial charge in [0.15, 0.2) is 11.5 Å². The molecule has 44 heavy (non-hydrogen) atoms. The molecule has 0 unspecified atom stereocenters. The van der Waals surface area contributed by atoms with Gasteiger partial charge in [-0.3, -0.25) is 0 Å². The number of methoxy groups -OCH3 is 3. The van der Waals surface area contributed by atoms with Crippen LogP contribution in [0.5, 0.6) is 17.2 Å². The van der Waals surface area contributed by atoms with Gasteiger partial charge in [-0.25, -0.2) is 16.8 Å². The molecule has 2 heterocycles. The Labute approximate surface area is 261 Å². The predicted molar refractivity (Wildman–Crippen MR) is 170 cm³/mol. The van der Waals surface area contributed by atoms with Crippen molar-refractivity contribution in [2.24, 2.45) is 0 Å². The number of rotatable bonds is 11. The Bertz CT molecular complexity index is 1690. The molecule has 0 bridgehead atoms. The first-order valence-electron chi connectivity index (χ1n) is 14.9. The first-order chi connectivity index (χ1) is 21.1. The maximum atomic E-state index is 13.9. The molecule has 0 saturated carbocycles. The van der Waals surface area contributed by atoms with Crippen LogP contribution in [0.3, 0.4) is 0 Å². The molecule has 1 fully saturated rings. The zero-order valence-corrected chi connectivity index (χ0v) is 27.4. The number of ether oxygens (including phenoxy) is 3. The Hall–Kier alpha value is -3.32. The standard InChI is InChI=1S/C32H41N3O7S2/c1-5-6-7-24-8-10-27(11-9-24)43(36,37)34-18-16-33(17-19-34)29-22-28(12-13-30(29)40-2)44(38,39)35-15-14-25-20-31(41-3)32(42-4)21-26(25)23-35/h8-13,20-22H,5-7,14-19,23H2,1-4H3. The molecule has 0 aromatic heterocycles. The Balaban J connectivity index is 1.32. The number of nitrogens with zero attached hydrogens (tertiary/aromatic N) is 3. The van der Waals surface area contributed by atoms with Crippen LogP contribution in [-0.4, -0.2) is 79.5 Å². The summed E-state index contributed by atoms with van der Waals surface area (Å²) in [5.74, 6) is 1.71. The van der Waals surface area contributed by atoms with Gasteiger partial charge >= 0.3 is 0 Å². The third-order valence-electron chi connectivity index (χ3n) is 8.43. The monoisotopic (exact) mass is 643 g/mol. The van der Waals surface area contributed by atoms with Crippen LogP contribution in [0.25, 0.3) is 0 Å². The van der Waals surface area contributed by atoms with Gasteiger partial charge in [-0.15, -0.1) is 0 Å².